The van der Waals surface area contributed by atoms with Crippen molar-refractivity contribution in [1.29, 1.82) is 0 Å². The molecule has 1 atom stereocenters. The molecule has 0 aliphatic rings. The van der Waals surface area contributed by atoms with Crippen molar-refractivity contribution in [3.8, 4) is 5.75 Å². The molecule has 1 amide bonds. The van der Waals surface area contributed by atoms with Crippen molar-refractivity contribution in [1.82, 2.24) is 5.06 Å². The summed E-state index contributed by atoms with van der Waals surface area (Å²) in [5.74, 6) is 0.302. The Hall–Kier alpha value is -0.477. The third kappa shape index (κ3) is 5.19. The Bertz CT molecular complexity index is 478. The molecule has 0 aromatic heterocycles. The van der Waals surface area contributed by atoms with Crippen LogP contribution < -0.4 is 4.74 Å². The predicted molar refractivity (Wildman–Crippen MR) is 73.2 cm³/mol. The monoisotopic (exact) mass is 393 g/mol. The molecule has 0 fully saturated rings. The van der Waals surface area contributed by atoms with E-state index in [-0.39, 0.29) is 5.91 Å². The molecule has 1 unspecified atom stereocenters. The fourth-order valence-corrected chi connectivity index (χ4v) is 3.15. The maximum atomic E-state index is 11.8. The number of carbonyl (C=O) groups excluding carboxylic acids is 1. The average Bonchev–Trinajstić information content (AvgIpc) is 2.38. The van der Waals surface area contributed by atoms with E-state index in [1.165, 1.54) is 14.2 Å². The second kappa shape index (κ2) is 7.96. The molecule has 0 saturated carbocycles. The van der Waals surface area contributed by atoms with Crippen molar-refractivity contribution in [3.63, 3.8) is 0 Å². The van der Waals surface area contributed by atoms with Crippen LogP contribution in [0.1, 0.15) is 12.5 Å². The standard InChI is InChI=1S/C12H15NO3.2ClH.Ru/c1-9-7-5-6-8-11(9)16-10(2)12(14)13(3)15-4;;;/h1,5-8,10H,2-4H3;2*1H;/q;;;+2/p-2. The molecule has 19 heavy (non-hydrogen) atoms. The SMILES string of the molecule is CON(C)C(=O)C(C)Oc1ccccc1[CH]=[Ru]([Cl])[Cl]. The van der Waals surface area contributed by atoms with Crippen LogP contribution in [0.5, 0.6) is 5.75 Å². The van der Waals surface area contributed by atoms with Crippen LogP contribution in [0.2, 0.25) is 0 Å². The van der Waals surface area contributed by atoms with Gasteiger partial charge in [0.15, 0.2) is 0 Å². The molecular formula is C12H15Cl2NO3Ru. The molecule has 7 heteroatoms. The fraction of sp³-hybridized carbons (Fsp3) is 0.333. The van der Waals surface area contributed by atoms with Gasteiger partial charge in [-0.25, -0.2) is 0 Å². The minimum atomic E-state index is -1.94. The molecule has 0 spiro atoms. The molecule has 0 aliphatic heterocycles. The van der Waals surface area contributed by atoms with Crippen molar-refractivity contribution >= 4 is 29.9 Å². The van der Waals surface area contributed by atoms with Gasteiger partial charge in [-0.2, -0.15) is 0 Å². The molecular weight excluding hydrogens is 378 g/mol. The molecule has 1 rings (SSSR count). The zero-order valence-corrected chi connectivity index (χ0v) is 14.0. The molecule has 0 N–H and O–H groups in total. The van der Waals surface area contributed by atoms with Gasteiger partial charge in [0, 0.05) is 0 Å². The second-order valence-corrected chi connectivity index (χ2v) is 9.35. The summed E-state index contributed by atoms with van der Waals surface area (Å²) in [6.07, 6.45) is -0.661. The number of benzene rings is 1. The summed E-state index contributed by atoms with van der Waals surface area (Å²) in [5.41, 5.74) is 0.797. The first kappa shape index (κ1) is 16.6. The van der Waals surface area contributed by atoms with Crippen LogP contribution in [-0.4, -0.2) is 35.8 Å². The zero-order valence-electron chi connectivity index (χ0n) is 10.7. The van der Waals surface area contributed by atoms with E-state index in [1.54, 1.807) is 17.6 Å². The first-order valence-corrected chi connectivity index (χ1v) is 10.8. The van der Waals surface area contributed by atoms with Gasteiger partial charge in [0.1, 0.15) is 0 Å². The van der Waals surface area contributed by atoms with Crippen molar-refractivity contribution in [2.24, 2.45) is 0 Å². The number of rotatable bonds is 5. The summed E-state index contributed by atoms with van der Waals surface area (Å²) < 4.78 is 7.41. The number of hydrogen-bond donors (Lipinski definition) is 0. The van der Waals surface area contributed by atoms with Crippen molar-refractivity contribution < 1.29 is 27.9 Å². The molecule has 0 saturated heterocycles. The predicted octanol–water partition coefficient (Wildman–Crippen LogP) is 2.55. The number of amides is 1. The molecule has 0 heterocycles. The number of halogens is 2. The minimum absolute atomic E-state index is 0.275. The van der Waals surface area contributed by atoms with E-state index in [0.717, 1.165) is 10.6 Å². The Morgan fingerprint density at radius 2 is 2.05 bits per heavy atom. The number of hydroxylamine groups is 2. The van der Waals surface area contributed by atoms with Gasteiger partial charge in [-0.05, 0) is 0 Å². The Balaban J connectivity index is 2.88. The van der Waals surface area contributed by atoms with E-state index >= 15 is 0 Å². The summed E-state index contributed by atoms with van der Waals surface area (Å²) in [4.78, 5) is 16.7. The molecule has 1 aromatic carbocycles. The van der Waals surface area contributed by atoms with E-state index < -0.39 is 19.6 Å². The zero-order chi connectivity index (χ0) is 14.4. The van der Waals surface area contributed by atoms with Crippen molar-refractivity contribution in [3.05, 3.63) is 29.8 Å². The number of hydrogen-bond acceptors (Lipinski definition) is 3. The summed E-state index contributed by atoms with van der Waals surface area (Å²) in [6.45, 7) is 1.66. The summed E-state index contributed by atoms with van der Waals surface area (Å²) in [7, 11) is 14.7. The van der Waals surface area contributed by atoms with Crippen LogP contribution in [-0.2, 0) is 23.2 Å². The van der Waals surface area contributed by atoms with Gasteiger partial charge in [0.2, 0.25) is 0 Å². The van der Waals surface area contributed by atoms with Gasteiger partial charge in [0.05, 0.1) is 0 Å². The Kier molecular flexibility index (Phi) is 6.94. The van der Waals surface area contributed by atoms with Gasteiger partial charge in [-0.1, -0.05) is 0 Å². The van der Waals surface area contributed by atoms with E-state index in [9.17, 15) is 4.79 Å². The average molecular weight is 393 g/mol. The first-order chi connectivity index (χ1) is 8.95. The fourth-order valence-electron chi connectivity index (χ4n) is 1.34. The molecule has 108 valence electrons. The number of carbonyl (C=O) groups is 1. The molecule has 0 aliphatic carbocycles. The van der Waals surface area contributed by atoms with Crippen LogP contribution in [0.25, 0.3) is 0 Å². The number of para-hydroxylation sites is 1. The van der Waals surface area contributed by atoms with Crippen LogP contribution in [0.15, 0.2) is 24.3 Å². The van der Waals surface area contributed by atoms with Crippen LogP contribution in [0, 0.1) is 0 Å². The molecule has 0 bridgehead atoms. The van der Waals surface area contributed by atoms with Crippen LogP contribution in [0.4, 0.5) is 0 Å². The normalized spacial score (nSPS) is 12.6. The van der Waals surface area contributed by atoms with Crippen LogP contribution >= 0.6 is 19.4 Å². The first-order valence-electron chi connectivity index (χ1n) is 5.36. The van der Waals surface area contributed by atoms with E-state index in [2.05, 4.69) is 0 Å². The van der Waals surface area contributed by atoms with E-state index in [0.29, 0.717) is 5.75 Å². The molecule has 1 aromatic rings. The Labute approximate surface area is 125 Å². The Morgan fingerprint density at radius 3 is 2.63 bits per heavy atom. The van der Waals surface area contributed by atoms with Gasteiger partial charge in [0.25, 0.3) is 0 Å². The molecule has 4 nitrogen and oxygen atoms in total. The van der Waals surface area contributed by atoms with Gasteiger partial charge in [-0.3, -0.25) is 0 Å². The third-order valence-corrected chi connectivity index (χ3v) is 4.17. The third-order valence-electron chi connectivity index (χ3n) is 2.34. The number of ether oxygens (including phenoxy) is 1. The van der Waals surface area contributed by atoms with Gasteiger partial charge >= 0.3 is 126 Å². The number of nitrogens with zero attached hydrogens (tertiary/aromatic N) is 1. The summed E-state index contributed by atoms with van der Waals surface area (Å²) >= 11 is -1.94. The second-order valence-electron chi connectivity index (χ2n) is 3.62. The van der Waals surface area contributed by atoms with Crippen LogP contribution in [0.3, 0.4) is 0 Å². The topological polar surface area (TPSA) is 38.8 Å². The van der Waals surface area contributed by atoms with Gasteiger partial charge in [-0.15, -0.1) is 0 Å². The van der Waals surface area contributed by atoms with Crippen molar-refractivity contribution in [2.75, 3.05) is 14.2 Å². The number of likely N-dealkylation sites (N-methyl/N-ethyl adjacent to an activating group) is 1. The quantitative estimate of drug-likeness (QED) is 0.570. The Morgan fingerprint density at radius 1 is 1.42 bits per heavy atom. The molecule has 0 radical (unpaired) electrons. The maximum absolute atomic E-state index is 11.8. The van der Waals surface area contributed by atoms with E-state index in [4.69, 9.17) is 29.0 Å². The van der Waals surface area contributed by atoms with Crippen molar-refractivity contribution in [2.45, 2.75) is 13.0 Å². The summed E-state index contributed by atoms with van der Waals surface area (Å²) in [5, 5.41) is 1.12. The van der Waals surface area contributed by atoms with Gasteiger partial charge < -0.3 is 0 Å². The summed E-state index contributed by atoms with van der Waals surface area (Å²) in [6, 6.07) is 7.30. The van der Waals surface area contributed by atoms with E-state index in [1.807, 2.05) is 18.2 Å².